The van der Waals surface area contributed by atoms with Crippen LogP contribution in [0.5, 0.6) is 0 Å². The Bertz CT molecular complexity index is 411. The molecule has 0 spiro atoms. The van der Waals surface area contributed by atoms with Gasteiger partial charge in [0.25, 0.3) is 0 Å². The molecule has 0 saturated heterocycles. The third-order valence-electron chi connectivity index (χ3n) is 2.35. The first-order chi connectivity index (χ1) is 7.66. The van der Waals surface area contributed by atoms with Gasteiger partial charge in [-0.3, -0.25) is 0 Å². The fourth-order valence-electron chi connectivity index (χ4n) is 1.27. The highest BCUT2D eigenvalue weighted by molar-refractivity contribution is 7.89. The summed E-state index contributed by atoms with van der Waals surface area (Å²) < 4.78 is 30.1. The van der Waals surface area contributed by atoms with Gasteiger partial charge in [-0.2, -0.15) is 0 Å². The number of nitrogens with zero attached hydrogens (tertiary/aromatic N) is 1. The molecule has 90 valence electrons. The van der Waals surface area contributed by atoms with Crippen molar-refractivity contribution in [3.05, 3.63) is 18.0 Å². The molecule has 0 aliphatic heterocycles. The van der Waals surface area contributed by atoms with Crippen molar-refractivity contribution < 1.29 is 12.9 Å². The van der Waals surface area contributed by atoms with Gasteiger partial charge in [-0.15, -0.1) is 0 Å². The molecule has 0 amide bonds. The van der Waals surface area contributed by atoms with Gasteiger partial charge < -0.3 is 9.84 Å². The van der Waals surface area contributed by atoms with E-state index in [4.69, 9.17) is 0 Å². The van der Waals surface area contributed by atoms with Crippen LogP contribution in [0.3, 0.4) is 0 Å². The maximum Gasteiger partial charge on any atom is 0.213 e. The molecule has 6 nitrogen and oxygen atoms in total. The maximum atomic E-state index is 11.5. The van der Waals surface area contributed by atoms with E-state index in [1.54, 1.807) is 6.07 Å². The van der Waals surface area contributed by atoms with Crippen molar-refractivity contribution in [2.75, 3.05) is 12.3 Å². The molecule has 0 radical (unpaired) electrons. The van der Waals surface area contributed by atoms with Crippen LogP contribution in [-0.2, 0) is 16.6 Å². The van der Waals surface area contributed by atoms with E-state index < -0.39 is 10.0 Å². The number of aromatic nitrogens is 1. The topological polar surface area (TPSA) is 84.2 Å². The summed E-state index contributed by atoms with van der Waals surface area (Å²) in [5.74, 6) is 0.0986. The Kier molecular flexibility index (Phi) is 3.57. The molecule has 1 aromatic rings. The number of hydrogen-bond donors (Lipinski definition) is 2. The zero-order valence-electron chi connectivity index (χ0n) is 8.85. The monoisotopic (exact) mass is 245 g/mol. The molecule has 0 atom stereocenters. The summed E-state index contributed by atoms with van der Waals surface area (Å²) in [5, 5.41) is 6.77. The fraction of sp³-hybridized carbons (Fsp3) is 0.667. The summed E-state index contributed by atoms with van der Waals surface area (Å²) in [5.41, 5.74) is 0.582. The molecule has 1 saturated carbocycles. The van der Waals surface area contributed by atoms with E-state index in [-0.39, 0.29) is 12.3 Å². The fourth-order valence-corrected chi connectivity index (χ4v) is 2.17. The first kappa shape index (κ1) is 11.6. The zero-order chi connectivity index (χ0) is 11.4. The predicted octanol–water partition coefficient (Wildman–Crippen LogP) is -0.154. The normalized spacial score (nSPS) is 16.5. The Morgan fingerprint density at radius 1 is 1.50 bits per heavy atom. The van der Waals surface area contributed by atoms with Crippen LogP contribution in [0.2, 0.25) is 0 Å². The van der Waals surface area contributed by atoms with Crippen LogP contribution < -0.4 is 10.0 Å². The van der Waals surface area contributed by atoms with Gasteiger partial charge in [0, 0.05) is 18.7 Å². The average molecular weight is 245 g/mol. The Hall–Kier alpha value is -0.920. The van der Waals surface area contributed by atoms with Crippen LogP contribution in [0.15, 0.2) is 16.9 Å². The second kappa shape index (κ2) is 4.94. The van der Waals surface area contributed by atoms with Gasteiger partial charge in [0.15, 0.2) is 0 Å². The molecule has 1 heterocycles. The number of sulfonamides is 1. The summed E-state index contributed by atoms with van der Waals surface area (Å²) in [6.07, 6.45) is 3.73. The van der Waals surface area contributed by atoms with Crippen molar-refractivity contribution in [2.45, 2.75) is 25.4 Å². The third-order valence-corrected chi connectivity index (χ3v) is 3.67. The summed E-state index contributed by atoms with van der Waals surface area (Å²) in [4.78, 5) is 0. The molecule has 7 heteroatoms. The third kappa shape index (κ3) is 3.92. The van der Waals surface area contributed by atoms with Crippen LogP contribution in [0.4, 0.5) is 0 Å². The van der Waals surface area contributed by atoms with Gasteiger partial charge >= 0.3 is 0 Å². The molecular weight excluding hydrogens is 230 g/mol. The zero-order valence-corrected chi connectivity index (χ0v) is 9.66. The molecule has 2 rings (SSSR count). The van der Waals surface area contributed by atoms with E-state index in [2.05, 4.69) is 19.7 Å². The summed E-state index contributed by atoms with van der Waals surface area (Å²) in [6, 6.07) is 2.16. The molecule has 16 heavy (non-hydrogen) atoms. The molecule has 1 fully saturated rings. The van der Waals surface area contributed by atoms with Gasteiger partial charge in [-0.05, 0) is 12.8 Å². The lowest BCUT2D eigenvalue weighted by molar-refractivity contribution is 0.411. The van der Waals surface area contributed by atoms with E-state index in [1.165, 1.54) is 6.26 Å². The molecular formula is C9H15N3O3S. The first-order valence-electron chi connectivity index (χ1n) is 5.26. The van der Waals surface area contributed by atoms with Gasteiger partial charge in [-0.25, -0.2) is 13.1 Å². The Morgan fingerprint density at radius 3 is 2.94 bits per heavy atom. The first-order valence-corrected chi connectivity index (χ1v) is 6.91. The predicted molar refractivity (Wildman–Crippen MR) is 58.2 cm³/mol. The number of hydrogen-bond acceptors (Lipinski definition) is 5. The minimum absolute atomic E-state index is 0.0986. The minimum atomic E-state index is -3.22. The van der Waals surface area contributed by atoms with Crippen molar-refractivity contribution in [3.8, 4) is 0 Å². The lowest BCUT2D eigenvalue weighted by atomic mass is 10.5. The number of rotatable bonds is 7. The van der Waals surface area contributed by atoms with Crippen molar-refractivity contribution >= 4 is 10.0 Å². The maximum absolute atomic E-state index is 11.5. The summed E-state index contributed by atoms with van der Waals surface area (Å²) in [7, 11) is -3.22. The minimum Gasteiger partial charge on any atom is -0.364 e. The summed E-state index contributed by atoms with van der Waals surface area (Å²) in [6.45, 7) is 0.682. The van der Waals surface area contributed by atoms with Crippen molar-refractivity contribution in [2.24, 2.45) is 0 Å². The van der Waals surface area contributed by atoms with Crippen molar-refractivity contribution in [3.63, 3.8) is 0 Å². The lowest BCUT2D eigenvalue weighted by Crippen LogP contribution is -2.32. The second-order valence-electron chi connectivity index (χ2n) is 3.86. The molecule has 1 aromatic heterocycles. The standard InChI is InChI=1S/C9H15N3O3S/c13-16(14,6-4-10-8-1-2-8)11-7-9-3-5-15-12-9/h3,5,8,10-11H,1-2,4,6-7H2. The highest BCUT2D eigenvalue weighted by Gasteiger charge is 2.21. The second-order valence-corrected chi connectivity index (χ2v) is 5.79. The van der Waals surface area contributed by atoms with Gasteiger partial charge in [-0.1, -0.05) is 5.16 Å². The Balaban J connectivity index is 1.69. The molecule has 0 unspecified atom stereocenters. The van der Waals surface area contributed by atoms with Gasteiger partial charge in [0.2, 0.25) is 10.0 Å². The van der Waals surface area contributed by atoms with Crippen molar-refractivity contribution in [1.82, 2.24) is 15.2 Å². The average Bonchev–Trinajstić information content (AvgIpc) is 2.91. The largest absolute Gasteiger partial charge is 0.364 e. The highest BCUT2D eigenvalue weighted by Crippen LogP contribution is 2.17. The molecule has 1 aliphatic rings. The smallest absolute Gasteiger partial charge is 0.213 e. The molecule has 0 bridgehead atoms. The van der Waals surface area contributed by atoms with Crippen LogP contribution in [0.1, 0.15) is 18.5 Å². The van der Waals surface area contributed by atoms with Crippen LogP contribution in [0, 0.1) is 0 Å². The quantitative estimate of drug-likeness (QED) is 0.697. The summed E-state index contributed by atoms with van der Waals surface area (Å²) >= 11 is 0. The molecule has 1 aliphatic carbocycles. The van der Waals surface area contributed by atoms with Crippen LogP contribution in [-0.4, -0.2) is 31.9 Å². The van der Waals surface area contributed by atoms with E-state index in [1.807, 2.05) is 0 Å². The Labute approximate surface area is 94.4 Å². The van der Waals surface area contributed by atoms with Crippen molar-refractivity contribution in [1.29, 1.82) is 0 Å². The van der Waals surface area contributed by atoms with E-state index >= 15 is 0 Å². The van der Waals surface area contributed by atoms with E-state index in [9.17, 15) is 8.42 Å². The lowest BCUT2D eigenvalue weighted by Gasteiger charge is -2.05. The number of nitrogens with one attached hydrogen (secondary N) is 2. The van der Waals surface area contributed by atoms with E-state index in [0.717, 1.165) is 12.8 Å². The van der Waals surface area contributed by atoms with Gasteiger partial charge in [0.05, 0.1) is 18.0 Å². The van der Waals surface area contributed by atoms with Crippen LogP contribution >= 0.6 is 0 Å². The van der Waals surface area contributed by atoms with Crippen LogP contribution in [0.25, 0.3) is 0 Å². The Morgan fingerprint density at radius 2 is 2.31 bits per heavy atom. The SMILES string of the molecule is O=S(=O)(CCNC1CC1)NCc1ccon1. The van der Waals surface area contributed by atoms with E-state index in [0.29, 0.717) is 18.3 Å². The molecule has 2 N–H and O–H groups in total. The molecule has 0 aromatic carbocycles. The highest BCUT2D eigenvalue weighted by atomic mass is 32.2. The van der Waals surface area contributed by atoms with Gasteiger partial charge in [0.1, 0.15) is 6.26 Å².